The summed E-state index contributed by atoms with van der Waals surface area (Å²) < 4.78 is 44.3. The fraction of sp³-hybridized carbons (Fsp3) is 0.421. The summed E-state index contributed by atoms with van der Waals surface area (Å²) in [6.07, 6.45) is -5.06. The molecule has 0 spiro atoms. The van der Waals surface area contributed by atoms with Crippen molar-refractivity contribution in [2.45, 2.75) is 31.3 Å². The van der Waals surface area contributed by atoms with Crippen molar-refractivity contribution in [3.05, 3.63) is 46.0 Å². The van der Waals surface area contributed by atoms with Gasteiger partial charge in [0.1, 0.15) is 23.4 Å². The molecule has 0 radical (unpaired) electrons. The van der Waals surface area contributed by atoms with Crippen LogP contribution < -0.4 is 20.5 Å². The zero-order valence-electron chi connectivity index (χ0n) is 16.8. The molecule has 3 N–H and O–H groups in total. The highest BCUT2D eigenvalue weighted by atomic mass is 19.3. The second-order valence-corrected chi connectivity index (χ2v) is 6.79. The number of amides is 1. The van der Waals surface area contributed by atoms with Crippen molar-refractivity contribution in [1.82, 2.24) is 9.55 Å². The second kappa shape index (κ2) is 8.57. The van der Waals surface area contributed by atoms with Gasteiger partial charge in [-0.25, -0.2) is 4.79 Å². The van der Waals surface area contributed by atoms with E-state index in [1.54, 1.807) is 6.92 Å². The van der Waals surface area contributed by atoms with Gasteiger partial charge in [-0.15, -0.1) is 0 Å². The minimum atomic E-state index is -3.83. The van der Waals surface area contributed by atoms with E-state index in [9.17, 15) is 23.5 Å². The number of ether oxygens (including phenoxy) is 3. The van der Waals surface area contributed by atoms with E-state index in [1.165, 1.54) is 26.4 Å². The third-order valence-corrected chi connectivity index (χ3v) is 4.90. The van der Waals surface area contributed by atoms with Crippen molar-refractivity contribution in [3.8, 4) is 11.5 Å². The Hall–Kier alpha value is -3.09. The number of benzene rings is 1. The Morgan fingerprint density at radius 2 is 1.94 bits per heavy atom. The maximum atomic E-state index is 14.2. The monoisotopic (exact) mass is 441 g/mol. The lowest BCUT2D eigenvalue weighted by Crippen LogP contribution is -2.41. The smallest absolute Gasteiger partial charge is 0.351 e. The molecule has 0 saturated carbocycles. The van der Waals surface area contributed by atoms with Gasteiger partial charge in [-0.2, -0.15) is 13.8 Å². The number of alkyl halides is 2. The Balaban J connectivity index is 1.85. The Bertz CT molecular complexity index is 1020. The number of rotatable bonds is 6. The second-order valence-electron chi connectivity index (χ2n) is 6.79. The summed E-state index contributed by atoms with van der Waals surface area (Å²) in [6.45, 7) is 0.896. The van der Waals surface area contributed by atoms with Crippen LogP contribution in [0.4, 0.5) is 14.6 Å². The number of aliphatic hydroxyl groups is 2. The van der Waals surface area contributed by atoms with Crippen LogP contribution in [0.3, 0.4) is 0 Å². The van der Waals surface area contributed by atoms with Crippen LogP contribution in [0.2, 0.25) is 0 Å². The summed E-state index contributed by atoms with van der Waals surface area (Å²) in [5.41, 5.74) is -0.305. The van der Waals surface area contributed by atoms with Crippen LogP contribution >= 0.6 is 0 Å². The summed E-state index contributed by atoms with van der Waals surface area (Å²) in [4.78, 5) is 28.4. The number of hydrogen-bond acceptors (Lipinski definition) is 8. The highest BCUT2D eigenvalue weighted by Crippen LogP contribution is 2.42. The van der Waals surface area contributed by atoms with E-state index in [0.717, 1.165) is 12.3 Å². The number of aliphatic hydroxyl groups excluding tert-OH is 2. The third kappa shape index (κ3) is 4.09. The number of methoxy groups -OCH3 is 2. The normalized spacial score (nSPS) is 22.2. The lowest BCUT2D eigenvalue weighted by Gasteiger charge is -2.21. The molecule has 2 aromatic rings. The molecular formula is C19H21F2N3O7. The van der Waals surface area contributed by atoms with Crippen LogP contribution in [0.25, 0.3) is 0 Å². The van der Waals surface area contributed by atoms with Gasteiger partial charge >= 0.3 is 11.6 Å². The number of carbonyl (C=O) groups excluding carboxylic acids is 1. The van der Waals surface area contributed by atoms with Crippen molar-refractivity contribution < 1.29 is 38.0 Å². The van der Waals surface area contributed by atoms with Gasteiger partial charge in [-0.3, -0.25) is 9.36 Å². The topological polar surface area (TPSA) is 132 Å². The molecular weight excluding hydrogens is 420 g/mol. The van der Waals surface area contributed by atoms with Gasteiger partial charge in [-0.05, 0) is 25.1 Å². The van der Waals surface area contributed by atoms with E-state index >= 15 is 0 Å². The Kier molecular flexibility index (Phi) is 6.25. The average Bonchev–Trinajstić information content (AvgIpc) is 2.97. The summed E-state index contributed by atoms with van der Waals surface area (Å²) in [5.74, 6) is -3.85. The average molecular weight is 441 g/mol. The fourth-order valence-corrected chi connectivity index (χ4v) is 3.19. The summed E-state index contributed by atoms with van der Waals surface area (Å²) >= 11 is 0. The van der Waals surface area contributed by atoms with Gasteiger partial charge in [-0.1, -0.05) is 0 Å². The first kappa shape index (κ1) is 22.6. The molecule has 3 atom stereocenters. The van der Waals surface area contributed by atoms with Crippen molar-refractivity contribution in [3.63, 3.8) is 0 Å². The van der Waals surface area contributed by atoms with Crippen molar-refractivity contribution in [1.29, 1.82) is 0 Å². The summed E-state index contributed by atoms with van der Waals surface area (Å²) in [7, 11) is 2.87. The number of hydrogen-bond donors (Lipinski definition) is 3. The third-order valence-electron chi connectivity index (χ3n) is 4.90. The highest BCUT2D eigenvalue weighted by Gasteiger charge is 2.59. The molecule has 1 aromatic heterocycles. The molecule has 0 bridgehead atoms. The van der Waals surface area contributed by atoms with Gasteiger partial charge < -0.3 is 29.7 Å². The van der Waals surface area contributed by atoms with Crippen LogP contribution in [0, 0.1) is 6.92 Å². The van der Waals surface area contributed by atoms with Gasteiger partial charge in [0.15, 0.2) is 6.10 Å². The lowest BCUT2D eigenvalue weighted by molar-refractivity contribution is -0.140. The van der Waals surface area contributed by atoms with Crippen LogP contribution in [0.5, 0.6) is 11.5 Å². The van der Waals surface area contributed by atoms with E-state index < -0.39 is 42.6 Å². The molecule has 1 aromatic carbocycles. The first-order valence-corrected chi connectivity index (χ1v) is 9.09. The Morgan fingerprint density at radius 1 is 1.32 bits per heavy atom. The van der Waals surface area contributed by atoms with Crippen LogP contribution in [-0.2, 0) is 4.74 Å². The minimum Gasteiger partial charge on any atom is -0.496 e. The van der Waals surface area contributed by atoms with E-state index in [1.807, 2.05) is 0 Å². The van der Waals surface area contributed by atoms with E-state index in [0.29, 0.717) is 21.6 Å². The molecule has 12 heteroatoms. The molecule has 1 fully saturated rings. The predicted octanol–water partition coefficient (Wildman–Crippen LogP) is 0.707. The van der Waals surface area contributed by atoms with Crippen LogP contribution in [0.1, 0.15) is 22.1 Å². The quantitative estimate of drug-likeness (QED) is 0.597. The molecule has 1 saturated heterocycles. The first-order chi connectivity index (χ1) is 14.6. The van der Waals surface area contributed by atoms with E-state index in [-0.39, 0.29) is 11.4 Å². The number of anilines is 1. The molecule has 10 nitrogen and oxygen atoms in total. The molecule has 31 heavy (non-hydrogen) atoms. The van der Waals surface area contributed by atoms with Gasteiger partial charge in [0, 0.05) is 17.3 Å². The number of carbonyl (C=O) groups is 1. The number of aromatic nitrogens is 2. The molecule has 1 aliphatic rings. The maximum absolute atomic E-state index is 14.2. The van der Waals surface area contributed by atoms with E-state index in [4.69, 9.17) is 19.3 Å². The molecule has 3 rings (SSSR count). The van der Waals surface area contributed by atoms with Gasteiger partial charge in [0.2, 0.25) is 6.23 Å². The molecule has 2 heterocycles. The predicted molar refractivity (Wildman–Crippen MR) is 103 cm³/mol. The fourth-order valence-electron chi connectivity index (χ4n) is 3.19. The lowest BCUT2D eigenvalue weighted by atomic mass is 10.1. The largest absolute Gasteiger partial charge is 0.496 e. The van der Waals surface area contributed by atoms with Gasteiger partial charge in [0.25, 0.3) is 5.91 Å². The zero-order chi connectivity index (χ0) is 22.9. The van der Waals surface area contributed by atoms with Gasteiger partial charge in [0.05, 0.1) is 20.8 Å². The van der Waals surface area contributed by atoms with Crippen molar-refractivity contribution >= 4 is 11.7 Å². The Morgan fingerprint density at radius 3 is 2.42 bits per heavy atom. The zero-order valence-corrected chi connectivity index (χ0v) is 16.8. The molecule has 0 unspecified atom stereocenters. The van der Waals surface area contributed by atoms with Crippen LogP contribution in [-0.4, -0.2) is 64.6 Å². The van der Waals surface area contributed by atoms with Crippen molar-refractivity contribution in [2.24, 2.45) is 0 Å². The highest BCUT2D eigenvalue weighted by molar-refractivity contribution is 6.04. The van der Waals surface area contributed by atoms with Crippen LogP contribution in [0.15, 0.2) is 29.2 Å². The first-order valence-electron chi connectivity index (χ1n) is 9.09. The summed E-state index contributed by atoms with van der Waals surface area (Å²) in [5, 5.41) is 21.1. The maximum Gasteiger partial charge on any atom is 0.351 e. The SMILES string of the molecule is COc1cc(C(=O)Nc2ccn([C@@H]3O[C@H](CO)[C@@H](O)C3(F)F)c(=O)n2)cc(OC)c1C. The minimum absolute atomic E-state index is 0.157. The van der Waals surface area contributed by atoms with Crippen molar-refractivity contribution in [2.75, 3.05) is 26.1 Å². The summed E-state index contributed by atoms with van der Waals surface area (Å²) in [6, 6.07) is 4.07. The number of nitrogens with one attached hydrogen (secondary N) is 1. The standard InChI is InChI=1S/C19H21F2N3O7/c1-9-11(29-2)6-10(7-12(9)30-3)16(27)22-14-4-5-24(18(28)23-14)17-19(20,21)15(26)13(8-25)31-17/h4-7,13,15,17,25-26H,8H2,1-3H3,(H,22,23,27,28)/t13-,15-,17-/m1/s1. The number of halogens is 2. The molecule has 0 aliphatic carbocycles. The molecule has 1 amide bonds. The number of nitrogens with zero attached hydrogens (tertiary/aromatic N) is 2. The molecule has 168 valence electrons. The van der Waals surface area contributed by atoms with E-state index in [2.05, 4.69) is 10.3 Å². The Labute approximate surface area is 175 Å². The molecule has 1 aliphatic heterocycles.